The number of rotatable bonds is 7. The second-order valence-electron chi connectivity index (χ2n) is 7.76. The Morgan fingerprint density at radius 1 is 1.08 bits per heavy atom. The molecule has 4 rings (SSSR count). The number of aromatic nitrogens is 6. The van der Waals surface area contributed by atoms with Crippen LogP contribution in [0.4, 0.5) is 13.2 Å². The number of hydrogen-bond donors (Lipinski definition) is 1. The fourth-order valence-corrected chi connectivity index (χ4v) is 4.11. The van der Waals surface area contributed by atoms with Gasteiger partial charge in [-0.3, -0.25) is 4.57 Å². The quantitative estimate of drug-likeness (QED) is 0.323. The van der Waals surface area contributed by atoms with E-state index in [9.17, 15) is 27.9 Å². The predicted molar refractivity (Wildman–Crippen MR) is 131 cm³/mol. The summed E-state index contributed by atoms with van der Waals surface area (Å²) in [5.41, 5.74) is -0.621. The zero-order valence-electron chi connectivity index (χ0n) is 19.2. The van der Waals surface area contributed by atoms with Gasteiger partial charge in [-0.2, -0.15) is 13.2 Å². The number of hydrogen-bond acceptors (Lipinski definition) is 7. The van der Waals surface area contributed by atoms with E-state index in [2.05, 4.69) is 15.2 Å². The maximum atomic E-state index is 13.1. The fourth-order valence-electron chi connectivity index (χ4n) is 3.42. The van der Waals surface area contributed by atoms with Gasteiger partial charge in [0.1, 0.15) is 12.2 Å². The lowest BCUT2D eigenvalue weighted by molar-refractivity contribution is -0.207. The van der Waals surface area contributed by atoms with Crippen LogP contribution in [0.2, 0.25) is 15.1 Å². The average Bonchev–Trinajstić information content (AvgIpc) is 3.40. The number of carbonyl (C=O) groups is 1. The van der Waals surface area contributed by atoms with Crippen molar-refractivity contribution in [2.75, 3.05) is 7.11 Å². The molecule has 0 aliphatic heterocycles. The number of para-hydroxylation sites is 1. The molecular weight excluding hydrogens is 576 g/mol. The molecular formula is C22H16Cl3F3N6O4. The van der Waals surface area contributed by atoms with Gasteiger partial charge in [0.05, 0.1) is 23.7 Å². The van der Waals surface area contributed by atoms with Gasteiger partial charge in [-0.25, -0.2) is 23.9 Å². The molecule has 10 nitrogen and oxygen atoms in total. The summed E-state index contributed by atoms with van der Waals surface area (Å²) in [4.78, 5) is 29.6. The van der Waals surface area contributed by atoms with Crippen molar-refractivity contribution in [3.8, 4) is 17.1 Å². The average molecular weight is 592 g/mol. The van der Waals surface area contributed by atoms with Crippen LogP contribution >= 0.6 is 34.8 Å². The molecule has 0 spiro atoms. The summed E-state index contributed by atoms with van der Waals surface area (Å²) in [6, 6.07) is 10.4. The second-order valence-corrected chi connectivity index (χ2v) is 9.01. The highest BCUT2D eigenvalue weighted by atomic mass is 35.5. The van der Waals surface area contributed by atoms with E-state index in [4.69, 9.17) is 39.5 Å². The second kappa shape index (κ2) is 10.8. The minimum absolute atomic E-state index is 0.114. The van der Waals surface area contributed by atoms with Gasteiger partial charge in [0.15, 0.2) is 17.8 Å². The predicted octanol–water partition coefficient (Wildman–Crippen LogP) is 4.01. The Morgan fingerprint density at radius 3 is 2.29 bits per heavy atom. The van der Waals surface area contributed by atoms with E-state index in [1.54, 1.807) is 6.07 Å². The number of nitrogens with zero attached hydrogens (tertiary/aromatic N) is 6. The molecule has 38 heavy (non-hydrogen) atoms. The molecule has 4 aromatic rings. The van der Waals surface area contributed by atoms with Crippen molar-refractivity contribution in [1.82, 2.24) is 29.1 Å². The van der Waals surface area contributed by atoms with Crippen molar-refractivity contribution >= 4 is 40.8 Å². The van der Waals surface area contributed by atoms with Gasteiger partial charge in [0, 0.05) is 10.6 Å². The molecule has 0 bridgehead atoms. The summed E-state index contributed by atoms with van der Waals surface area (Å²) in [6.45, 7) is -1.58. The Labute approximate surface area is 226 Å². The number of aliphatic hydroxyl groups is 1. The van der Waals surface area contributed by atoms with Gasteiger partial charge in [-0.1, -0.05) is 40.9 Å². The monoisotopic (exact) mass is 590 g/mol. The summed E-state index contributed by atoms with van der Waals surface area (Å²) >= 11 is 18.4. The number of ether oxygens (including phenoxy) is 1. The van der Waals surface area contributed by atoms with E-state index < -0.39 is 37.0 Å². The maximum absolute atomic E-state index is 13.1. The highest BCUT2D eigenvalue weighted by Gasteiger charge is 2.39. The molecule has 0 saturated heterocycles. The van der Waals surface area contributed by atoms with Crippen LogP contribution in [0.15, 0.2) is 47.3 Å². The Hall–Kier alpha value is -3.39. The molecule has 0 aliphatic rings. The first kappa shape index (κ1) is 27.6. The van der Waals surface area contributed by atoms with E-state index >= 15 is 0 Å². The third-order valence-electron chi connectivity index (χ3n) is 5.22. The molecule has 1 atom stereocenters. The Kier molecular flexibility index (Phi) is 7.83. The zero-order chi connectivity index (χ0) is 27.8. The number of aliphatic hydroxyl groups excluding tert-OH is 1. The molecule has 1 N–H and O–H groups in total. The first-order chi connectivity index (χ1) is 17.9. The lowest BCUT2D eigenvalue weighted by atomic mass is 10.2. The van der Waals surface area contributed by atoms with Crippen molar-refractivity contribution in [3.63, 3.8) is 0 Å². The minimum atomic E-state index is -4.98. The molecule has 2 aromatic carbocycles. The van der Waals surface area contributed by atoms with Crippen molar-refractivity contribution < 1.29 is 27.8 Å². The van der Waals surface area contributed by atoms with Gasteiger partial charge >= 0.3 is 17.8 Å². The molecule has 200 valence electrons. The largest absolute Gasteiger partial charge is 0.463 e. The topological polar surface area (TPSA) is 117 Å². The van der Waals surface area contributed by atoms with Crippen LogP contribution in [0, 0.1) is 0 Å². The van der Waals surface area contributed by atoms with Crippen molar-refractivity contribution in [2.45, 2.75) is 25.4 Å². The van der Waals surface area contributed by atoms with Crippen molar-refractivity contribution in [1.29, 1.82) is 0 Å². The molecule has 0 saturated carbocycles. The molecule has 0 amide bonds. The summed E-state index contributed by atoms with van der Waals surface area (Å²) in [6.07, 6.45) is -7.82. The molecule has 0 aliphatic carbocycles. The number of halogens is 6. The SMILES string of the molecule is COC(=O)c1nc(Cn2nc(-c3ccc(Cl)cc3)n(C[C@H](O)C(F)(F)F)c2=O)nn1-c1c(Cl)cccc1Cl. The number of alkyl halides is 3. The van der Waals surface area contributed by atoms with E-state index in [0.29, 0.717) is 9.59 Å². The fraction of sp³-hybridized carbons (Fsp3) is 0.227. The van der Waals surface area contributed by atoms with Gasteiger partial charge in [0.2, 0.25) is 5.82 Å². The van der Waals surface area contributed by atoms with Crippen LogP contribution in [0.1, 0.15) is 16.4 Å². The van der Waals surface area contributed by atoms with Crippen molar-refractivity contribution in [2.24, 2.45) is 0 Å². The summed E-state index contributed by atoms with van der Waals surface area (Å²) in [5, 5.41) is 18.6. The number of carbonyl (C=O) groups excluding carboxylic acids is 1. The van der Waals surface area contributed by atoms with Crippen LogP contribution in [-0.2, 0) is 17.8 Å². The number of methoxy groups -OCH3 is 1. The maximum Gasteiger partial charge on any atom is 0.416 e. The summed E-state index contributed by atoms with van der Waals surface area (Å²) in [7, 11) is 1.12. The van der Waals surface area contributed by atoms with Gasteiger partial charge < -0.3 is 9.84 Å². The minimum Gasteiger partial charge on any atom is -0.463 e. The van der Waals surface area contributed by atoms with Gasteiger partial charge in [-0.05, 0) is 36.4 Å². The number of esters is 1. The third kappa shape index (κ3) is 5.55. The normalized spacial score (nSPS) is 12.5. The first-order valence-corrected chi connectivity index (χ1v) is 11.7. The van der Waals surface area contributed by atoms with E-state index in [0.717, 1.165) is 16.5 Å². The zero-order valence-corrected chi connectivity index (χ0v) is 21.4. The van der Waals surface area contributed by atoms with Crippen LogP contribution in [0.5, 0.6) is 0 Å². The molecule has 16 heteroatoms. The molecule has 0 radical (unpaired) electrons. The highest BCUT2D eigenvalue weighted by molar-refractivity contribution is 6.37. The lowest BCUT2D eigenvalue weighted by Crippen LogP contribution is -2.37. The van der Waals surface area contributed by atoms with E-state index in [1.807, 2.05) is 0 Å². The molecule has 2 aromatic heterocycles. The van der Waals surface area contributed by atoms with E-state index in [1.165, 1.54) is 36.4 Å². The van der Waals surface area contributed by atoms with Crippen LogP contribution in [-0.4, -0.2) is 59.6 Å². The Balaban J connectivity index is 1.81. The third-order valence-corrected chi connectivity index (χ3v) is 6.08. The summed E-state index contributed by atoms with van der Waals surface area (Å²) < 4.78 is 46.5. The Morgan fingerprint density at radius 2 is 1.71 bits per heavy atom. The molecule has 0 unspecified atom stereocenters. The number of benzene rings is 2. The molecule has 0 fully saturated rings. The molecule has 2 heterocycles. The standard InChI is InChI=1S/C22H16Cl3F3N6O4/c1-38-20(36)19-29-16(30-34(19)17-13(24)3-2-4-14(17)25)10-33-21(37)32(9-15(35)22(26,27)28)18(31-33)11-5-7-12(23)8-6-11/h2-8,15,35H,9-10H2,1H3/t15-/m0/s1. The van der Waals surface area contributed by atoms with Gasteiger partial charge in [0.25, 0.3) is 0 Å². The lowest BCUT2D eigenvalue weighted by Gasteiger charge is -2.15. The van der Waals surface area contributed by atoms with E-state index in [-0.39, 0.29) is 38.8 Å². The van der Waals surface area contributed by atoms with Crippen molar-refractivity contribution in [3.05, 3.63) is 79.7 Å². The highest BCUT2D eigenvalue weighted by Crippen LogP contribution is 2.29. The smallest absolute Gasteiger partial charge is 0.416 e. The van der Waals surface area contributed by atoms with Gasteiger partial charge in [-0.15, -0.1) is 10.2 Å². The first-order valence-electron chi connectivity index (χ1n) is 10.6. The Bertz CT molecular complexity index is 1530. The van der Waals surface area contributed by atoms with Crippen LogP contribution in [0.25, 0.3) is 17.1 Å². The van der Waals surface area contributed by atoms with Crippen LogP contribution in [0.3, 0.4) is 0 Å². The van der Waals surface area contributed by atoms with Crippen LogP contribution < -0.4 is 5.69 Å². The summed E-state index contributed by atoms with van der Waals surface area (Å²) in [5.74, 6) is -1.52.